The summed E-state index contributed by atoms with van der Waals surface area (Å²) in [7, 11) is 1.57. The Labute approximate surface area is 66.0 Å². The van der Waals surface area contributed by atoms with E-state index in [-0.39, 0.29) is 0 Å². The van der Waals surface area contributed by atoms with Crippen LogP contribution in [0.5, 0.6) is 5.75 Å². The van der Waals surface area contributed by atoms with Gasteiger partial charge in [-0.05, 0) is 30.7 Å². The van der Waals surface area contributed by atoms with Gasteiger partial charge in [-0.3, -0.25) is 0 Å². The highest BCUT2D eigenvalue weighted by atomic mass is 16.5. The van der Waals surface area contributed by atoms with E-state index in [9.17, 15) is 0 Å². The molecule has 0 saturated heterocycles. The molecule has 0 spiro atoms. The summed E-state index contributed by atoms with van der Waals surface area (Å²) >= 11 is 0. The third kappa shape index (κ3) is 1.71. The minimum atomic E-state index is 0.578. The van der Waals surface area contributed by atoms with Crippen molar-refractivity contribution in [1.82, 2.24) is 0 Å². The zero-order chi connectivity index (χ0) is 8.27. The molecule has 0 N–H and O–H groups in total. The lowest BCUT2D eigenvalue weighted by Crippen LogP contribution is -1.85. The molecule has 2 nitrogen and oxygen atoms in total. The molecule has 0 aliphatic rings. The second-order valence-electron chi connectivity index (χ2n) is 2.18. The van der Waals surface area contributed by atoms with Crippen molar-refractivity contribution in [3.63, 3.8) is 0 Å². The van der Waals surface area contributed by atoms with Crippen molar-refractivity contribution in [2.24, 2.45) is 0 Å². The minimum Gasteiger partial charge on any atom is -0.497 e. The van der Waals surface area contributed by atoms with Crippen LogP contribution in [0.3, 0.4) is 0 Å². The molecule has 0 amide bonds. The molecule has 0 aliphatic heterocycles. The predicted octanol–water partition coefficient (Wildman–Crippen LogP) is 1.75. The second-order valence-corrected chi connectivity index (χ2v) is 2.18. The SMILES string of the molecule is [CH2]c1cc(C#N)cc(OC)c1. The average molecular weight is 146 g/mol. The maximum atomic E-state index is 8.55. The van der Waals surface area contributed by atoms with Crippen LogP contribution in [-0.4, -0.2) is 7.11 Å². The zero-order valence-corrected chi connectivity index (χ0v) is 6.29. The molecule has 1 radical (unpaired) electrons. The first-order valence-corrected chi connectivity index (χ1v) is 3.17. The van der Waals surface area contributed by atoms with Crippen LogP contribution in [0.4, 0.5) is 0 Å². The maximum absolute atomic E-state index is 8.55. The molecule has 0 atom stereocenters. The van der Waals surface area contributed by atoms with E-state index in [0.29, 0.717) is 11.3 Å². The Hall–Kier alpha value is -1.49. The molecule has 55 valence electrons. The Balaban J connectivity index is 3.15. The van der Waals surface area contributed by atoms with Gasteiger partial charge in [0.25, 0.3) is 0 Å². The molecule has 0 aromatic heterocycles. The van der Waals surface area contributed by atoms with Crippen LogP contribution in [0.15, 0.2) is 18.2 Å². The van der Waals surface area contributed by atoms with Gasteiger partial charge in [-0.2, -0.15) is 5.26 Å². The standard InChI is InChI=1S/C9H8NO/c1-7-3-8(6-10)5-9(4-7)11-2/h3-5H,1H2,2H3. The molecule has 1 rings (SSSR count). The Morgan fingerprint density at radius 2 is 2.18 bits per heavy atom. The van der Waals surface area contributed by atoms with Crippen LogP contribution in [0.1, 0.15) is 11.1 Å². The number of rotatable bonds is 1. The summed E-state index contributed by atoms with van der Waals surface area (Å²) < 4.78 is 4.95. The first-order chi connectivity index (χ1) is 5.26. The monoisotopic (exact) mass is 146 g/mol. The Kier molecular flexibility index (Phi) is 2.12. The molecule has 1 aromatic carbocycles. The van der Waals surface area contributed by atoms with Crippen LogP contribution in [0.2, 0.25) is 0 Å². The molecule has 0 heterocycles. The molecule has 0 saturated carbocycles. The van der Waals surface area contributed by atoms with Gasteiger partial charge in [-0.15, -0.1) is 0 Å². The summed E-state index contributed by atoms with van der Waals surface area (Å²) in [5.41, 5.74) is 1.37. The van der Waals surface area contributed by atoms with E-state index in [4.69, 9.17) is 10.00 Å². The van der Waals surface area contributed by atoms with E-state index in [1.165, 1.54) is 0 Å². The highest BCUT2D eigenvalue weighted by Gasteiger charge is 1.95. The van der Waals surface area contributed by atoms with Gasteiger partial charge in [-0.25, -0.2) is 0 Å². The predicted molar refractivity (Wildman–Crippen MR) is 42.2 cm³/mol. The van der Waals surface area contributed by atoms with Crippen LogP contribution in [0, 0.1) is 18.3 Å². The second kappa shape index (κ2) is 3.07. The van der Waals surface area contributed by atoms with E-state index < -0.39 is 0 Å². The fraction of sp³-hybridized carbons (Fsp3) is 0.111. The molecular formula is C9H8NO. The summed E-state index contributed by atoms with van der Waals surface area (Å²) in [4.78, 5) is 0. The van der Waals surface area contributed by atoms with Crippen molar-refractivity contribution in [3.05, 3.63) is 36.2 Å². The van der Waals surface area contributed by atoms with Crippen molar-refractivity contribution in [1.29, 1.82) is 5.26 Å². The summed E-state index contributed by atoms with van der Waals surface area (Å²) in [5, 5.41) is 8.55. The van der Waals surface area contributed by atoms with E-state index in [1.807, 2.05) is 6.07 Å². The van der Waals surface area contributed by atoms with E-state index in [0.717, 1.165) is 5.56 Å². The van der Waals surface area contributed by atoms with Crippen molar-refractivity contribution in [3.8, 4) is 11.8 Å². The number of methoxy groups -OCH3 is 1. The van der Waals surface area contributed by atoms with Crippen molar-refractivity contribution >= 4 is 0 Å². The lowest BCUT2D eigenvalue weighted by atomic mass is 10.1. The summed E-state index contributed by atoms with van der Waals surface area (Å²) in [6.07, 6.45) is 0. The lowest BCUT2D eigenvalue weighted by Gasteiger charge is -2.00. The summed E-state index contributed by atoms with van der Waals surface area (Å²) in [6, 6.07) is 7.19. The van der Waals surface area contributed by atoms with Crippen LogP contribution < -0.4 is 4.74 Å². The van der Waals surface area contributed by atoms with Gasteiger partial charge in [0, 0.05) is 0 Å². The normalized spacial score (nSPS) is 8.82. The quantitative estimate of drug-likeness (QED) is 0.604. The van der Waals surface area contributed by atoms with Gasteiger partial charge in [0.15, 0.2) is 0 Å². The van der Waals surface area contributed by atoms with Gasteiger partial charge >= 0.3 is 0 Å². The third-order valence-electron chi connectivity index (χ3n) is 1.33. The highest BCUT2D eigenvalue weighted by molar-refractivity contribution is 5.41. The van der Waals surface area contributed by atoms with Gasteiger partial charge in [0.05, 0.1) is 18.7 Å². The van der Waals surface area contributed by atoms with Crippen LogP contribution >= 0.6 is 0 Å². The Morgan fingerprint density at radius 3 is 2.73 bits per heavy atom. The van der Waals surface area contributed by atoms with Crippen LogP contribution in [0.25, 0.3) is 0 Å². The lowest BCUT2D eigenvalue weighted by molar-refractivity contribution is 0.414. The Bertz CT molecular complexity index is 299. The number of benzene rings is 1. The largest absolute Gasteiger partial charge is 0.497 e. The zero-order valence-electron chi connectivity index (χ0n) is 6.29. The fourth-order valence-corrected chi connectivity index (χ4v) is 0.843. The van der Waals surface area contributed by atoms with Gasteiger partial charge < -0.3 is 4.74 Å². The molecule has 0 bridgehead atoms. The molecule has 1 aromatic rings. The number of nitrogens with zero attached hydrogens (tertiary/aromatic N) is 1. The van der Waals surface area contributed by atoms with Gasteiger partial charge in [-0.1, -0.05) is 0 Å². The van der Waals surface area contributed by atoms with Gasteiger partial charge in [0.1, 0.15) is 5.75 Å². The molecule has 2 heteroatoms. The summed E-state index contributed by atoms with van der Waals surface area (Å²) in [6.45, 7) is 3.71. The van der Waals surface area contributed by atoms with Gasteiger partial charge in [0.2, 0.25) is 0 Å². The number of ether oxygens (including phenoxy) is 1. The summed E-state index contributed by atoms with van der Waals surface area (Å²) in [5.74, 6) is 0.675. The molecule has 0 aliphatic carbocycles. The van der Waals surface area contributed by atoms with Crippen molar-refractivity contribution < 1.29 is 4.74 Å². The number of nitriles is 1. The molecular weight excluding hydrogens is 138 g/mol. The van der Waals surface area contributed by atoms with E-state index in [1.54, 1.807) is 25.3 Å². The maximum Gasteiger partial charge on any atom is 0.120 e. The topological polar surface area (TPSA) is 33.0 Å². The minimum absolute atomic E-state index is 0.578. The first-order valence-electron chi connectivity index (χ1n) is 3.17. The third-order valence-corrected chi connectivity index (χ3v) is 1.33. The number of hydrogen-bond acceptors (Lipinski definition) is 2. The highest BCUT2D eigenvalue weighted by Crippen LogP contribution is 2.15. The molecule has 11 heavy (non-hydrogen) atoms. The van der Waals surface area contributed by atoms with E-state index in [2.05, 4.69) is 6.92 Å². The first kappa shape index (κ1) is 7.62. The van der Waals surface area contributed by atoms with Crippen molar-refractivity contribution in [2.75, 3.05) is 7.11 Å². The number of hydrogen-bond donors (Lipinski definition) is 0. The molecule has 0 fully saturated rings. The smallest absolute Gasteiger partial charge is 0.120 e. The van der Waals surface area contributed by atoms with Crippen LogP contribution in [-0.2, 0) is 0 Å². The van der Waals surface area contributed by atoms with E-state index >= 15 is 0 Å². The van der Waals surface area contributed by atoms with Crippen molar-refractivity contribution in [2.45, 2.75) is 0 Å². The molecule has 0 unspecified atom stereocenters. The average Bonchev–Trinajstić information content (AvgIpc) is 2.03. The Morgan fingerprint density at radius 1 is 1.45 bits per heavy atom. The fourth-order valence-electron chi connectivity index (χ4n) is 0.843.